The smallest absolute Gasteiger partial charge is 0.246 e. The van der Waals surface area contributed by atoms with E-state index in [1.54, 1.807) is 4.90 Å². The first kappa shape index (κ1) is 15.3. The second kappa shape index (κ2) is 5.74. The molecule has 0 spiro atoms. The van der Waals surface area contributed by atoms with Crippen molar-refractivity contribution in [3.8, 4) is 0 Å². The molecule has 20 heavy (non-hydrogen) atoms. The van der Waals surface area contributed by atoms with E-state index in [2.05, 4.69) is 12.2 Å². The van der Waals surface area contributed by atoms with E-state index in [0.29, 0.717) is 5.92 Å². The number of piperazine rings is 1. The molecular weight excluding hydrogens is 252 g/mol. The van der Waals surface area contributed by atoms with Crippen molar-refractivity contribution < 1.29 is 9.59 Å². The Labute approximate surface area is 122 Å². The Morgan fingerprint density at radius 3 is 2.30 bits per heavy atom. The number of hydrogen-bond acceptors (Lipinski definition) is 2. The Morgan fingerprint density at radius 2 is 1.75 bits per heavy atom. The van der Waals surface area contributed by atoms with E-state index >= 15 is 0 Å². The Bertz CT molecular complexity index is 378. The first-order valence-corrected chi connectivity index (χ1v) is 7.85. The first-order chi connectivity index (χ1) is 9.27. The summed E-state index contributed by atoms with van der Waals surface area (Å²) in [4.78, 5) is 26.2. The zero-order valence-corrected chi connectivity index (χ0v) is 13.2. The lowest BCUT2D eigenvalue weighted by atomic mass is 9.81. The Balaban J connectivity index is 2.00. The van der Waals surface area contributed by atoms with Gasteiger partial charge in [0.25, 0.3) is 0 Å². The van der Waals surface area contributed by atoms with Crippen LogP contribution in [0.15, 0.2) is 0 Å². The fourth-order valence-electron chi connectivity index (χ4n) is 3.27. The van der Waals surface area contributed by atoms with Crippen LogP contribution in [0.2, 0.25) is 0 Å². The Hall–Kier alpha value is -1.06. The molecule has 2 rings (SSSR count). The summed E-state index contributed by atoms with van der Waals surface area (Å²) in [5, 5.41) is 2.85. The highest BCUT2D eigenvalue weighted by atomic mass is 16.2. The van der Waals surface area contributed by atoms with Crippen molar-refractivity contribution >= 4 is 11.8 Å². The zero-order chi connectivity index (χ0) is 14.9. The second-order valence-corrected chi connectivity index (χ2v) is 7.71. The highest BCUT2D eigenvalue weighted by Crippen LogP contribution is 2.30. The van der Waals surface area contributed by atoms with Crippen LogP contribution in [0.5, 0.6) is 0 Å². The summed E-state index contributed by atoms with van der Waals surface area (Å²) in [6.45, 7) is 9.29. The molecule has 114 valence electrons. The summed E-state index contributed by atoms with van der Waals surface area (Å²) in [5.41, 5.74) is -0.230. The standard InChI is InChI=1S/C16H28N2O2/c1-11-5-7-12(8-6-11)9-18-10-13(19)17-14(15(18)20)16(2,3)4/h11-12,14H,5-10H2,1-4H3,(H,17,19). The van der Waals surface area contributed by atoms with Crippen molar-refractivity contribution in [3.05, 3.63) is 0 Å². The maximum atomic E-state index is 12.6. The van der Waals surface area contributed by atoms with E-state index in [1.165, 1.54) is 25.7 Å². The van der Waals surface area contributed by atoms with Gasteiger partial charge >= 0.3 is 0 Å². The maximum absolute atomic E-state index is 12.6. The van der Waals surface area contributed by atoms with E-state index in [0.717, 1.165) is 12.5 Å². The number of nitrogens with one attached hydrogen (secondary N) is 1. The van der Waals surface area contributed by atoms with E-state index in [9.17, 15) is 9.59 Å². The van der Waals surface area contributed by atoms with E-state index < -0.39 is 0 Å². The Kier molecular flexibility index (Phi) is 4.40. The summed E-state index contributed by atoms with van der Waals surface area (Å²) in [6.07, 6.45) is 4.88. The molecule has 1 aliphatic heterocycles. The van der Waals surface area contributed by atoms with Crippen LogP contribution in [0.25, 0.3) is 0 Å². The van der Waals surface area contributed by atoms with Crippen LogP contribution < -0.4 is 5.32 Å². The first-order valence-electron chi connectivity index (χ1n) is 7.85. The molecule has 0 aromatic carbocycles. The highest BCUT2D eigenvalue weighted by Gasteiger charge is 2.40. The van der Waals surface area contributed by atoms with E-state index in [1.807, 2.05) is 20.8 Å². The average molecular weight is 280 g/mol. The van der Waals surface area contributed by atoms with Crippen LogP contribution >= 0.6 is 0 Å². The third-order valence-electron chi connectivity index (χ3n) is 4.68. The zero-order valence-electron chi connectivity index (χ0n) is 13.2. The number of amides is 2. The van der Waals surface area contributed by atoms with Crippen LogP contribution in [0.1, 0.15) is 53.4 Å². The molecule has 0 radical (unpaired) electrons. The monoisotopic (exact) mass is 280 g/mol. The lowest BCUT2D eigenvalue weighted by molar-refractivity contribution is -0.148. The van der Waals surface area contributed by atoms with Crippen molar-refractivity contribution in [2.75, 3.05) is 13.1 Å². The van der Waals surface area contributed by atoms with Gasteiger partial charge in [0.2, 0.25) is 11.8 Å². The predicted molar refractivity (Wildman–Crippen MR) is 79.1 cm³/mol. The number of rotatable bonds is 2. The average Bonchev–Trinajstić information content (AvgIpc) is 2.35. The molecule has 1 saturated carbocycles. The molecule has 1 unspecified atom stereocenters. The van der Waals surface area contributed by atoms with Gasteiger partial charge in [-0.15, -0.1) is 0 Å². The topological polar surface area (TPSA) is 49.4 Å². The third kappa shape index (κ3) is 3.53. The molecule has 1 aliphatic carbocycles. The molecule has 1 heterocycles. The molecule has 2 aliphatic rings. The quantitative estimate of drug-likeness (QED) is 0.843. The molecule has 1 atom stereocenters. The van der Waals surface area contributed by atoms with Gasteiger partial charge in [-0.25, -0.2) is 0 Å². The predicted octanol–water partition coefficient (Wildman–Crippen LogP) is 2.19. The fraction of sp³-hybridized carbons (Fsp3) is 0.875. The Morgan fingerprint density at radius 1 is 1.15 bits per heavy atom. The third-order valence-corrected chi connectivity index (χ3v) is 4.68. The summed E-state index contributed by atoms with van der Waals surface area (Å²) in [5.74, 6) is 1.46. The van der Waals surface area contributed by atoms with Crippen molar-refractivity contribution in [1.82, 2.24) is 10.2 Å². The van der Waals surface area contributed by atoms with Gasteiger partial charge in [-0.1, -0.05) is 40.5 Å². The van der Waals surface area contributed by atoms with Gasteiger partial charge < -0.3 is 10.2 Å². The molecule has 2 fully saturated rings. The minimum Gasteiger partial charge on any atom is -0.342 e. The van der Waals surface area contributed by atoms with Crippen LogP contribution in [-0.2, 0) is 9.59 Å². The van der Waals surface area contributed by atoms with Gasteiger partial charge in [0.1, 0.15) is 6.04 Å². The molecule has 1 saturated heterocycles. The molecule has 0 bridgehead atoms. The lowest BCUT2D eigenvalue weighted by Gasteiger charge is -2.40. The van der Waals surface area contributed by atoms with Gasteiger partial charge in [-0.3, -0.25) is 9.59 Å². The molecule has 4 nitrogen and oxygen atoms in total. The molecule has 4 heteroatoms. The molecule has 0 aromatic heterocycles. The van der Waals surface area contributed by atoms with Crippen molar-refractivity contribution in [2.45, 2.75) is 59.4 Å². The van der Waals surface area contributed by atoms with Gasteiger partial charge in [0.15, 0.2) is 0 Å². The molecule has 2 amide bonds. The second-order valence-electron chi connectivity index (χ2n) is 7.71. The van der Waals surface area contributed by atoms with Crippen LogP contribution in [0, 0.1) is 17.3 Å². The van der Waals surface area contributed by atoms with Gasteiger partial charge in [0, 0.05) is 6.54 Å². The van der Waals surface area contributed by atoms with E-state index in [4.69, 9.17) is 0 Å². The summed E-state index contributed by atoms with van der Waals surface area (Å²) >= 11 is 0. The maximum Gasteiger partial charge on any atom is 0.246 e. The highest BCUT2D eigenvalue weighted by molar-refractivity contribution is 5.95. The van der Waals surface area contributed by atoms with Gasteiger partial charge in [0.05, 0.1) is 6.54 Å². The fourth-order valence-corrected chi connectivity index (χ4v) is 3.27. The van der Waals surface area contributed by atoms with Gasteiger partial charge in [-0.2, -0.15) is 0 Å². The number of carbonyl (C=O) groups excluding carboxylic acids is 2. The minimum absolute atomic E-state index is 0.0197. The summed E-state index contributed by atoms with van der Waals surface area (Å²) < 4.78 is 0. The molecule has 0 aromatic rings. The largest absolute Gasteiger partial charge is 0.342 e. The van der Waals surface area contributed by atoms with Crippen LogP contribution in [0.3, 0.4) is 0 Å². The summed E-state index contributed by atoms with van der Waals surface area (Å²) in [7, 11) is 0. The number of nitrogens with zero attached hydrogens (tertiary/aromatic N) is 1. The van der Waals surface area contributed by atoms with Crippen LogP contribution in [-0.4, -0.2) is 35.8 Å². The lowest BCUT2D eigenvalue weighted by Crippen LogP contribution is -2.62. The normalized spacial score (nSPS) is 32.2. The van der Waals surface area contributed by atoms with Crippen molar-refractivity contribution in [3.63, 3.8) is 0 Å². The minimum atomic E-state index is -0.383. The summed E-state index contributed by atoms with van der Waals surface area (Å²) in [6, 6.07) is -0.383. The molecular formula is C16H28N2O2. The van der Waals surface area contributed by atoms with Crippen molar-refractivity contribution in [2.24, 2.45) is 17.3 Å². The van der Waals surface area contributed by atoms with Crippen LogP contribution in [0.4, 0.5) is 0 Å². The number of carbonyl (C=O) groups is 2. The number of hydrogen-bond donors (Lipinski definition) is 1. The van der Waals surface area contributed by atoms with Gasteiger partial charge in [-0.05, 0) is 30.1 Å². The van der Waals surface area contributed by atoms with Crippen molar-refractivity contribution in [1.29, 1.82) is 0 Å². The van der Waals surface area contributed by atoms with E-state index in [-0.39, 0.29) is 29.8 Å². The SMILES string of the molecule is CC1CCC(CN2CC(=O)NC(C(C)(C)C)C2=O)CC1. The molecule has 1 N–H and O–H groups in total.